The number of carbonyl (C=O) groups is 1. The van der Waals surface area contributed by atoms with E-state index in [4.69, 9.17) is 0 Å². The number of sulfonamides is 1. The average Bonchev–Trinajstić information content (AvgIpc) is 2.71. The fourth-order valence-electron chi connectivity index (χ4n) is 3.60. The Hall–Kier alpha value is -2.38. The number of aryl methyl sites for hydroxylation is 1. The number of anilines is 1. The van der Waals surface area contributed by atoms with Gasteiger partial charge in [-0.1, -0.05) is 62.4 Å². The molecule has 0 unspecified atom stereocenters. The van der Waals surface area contributed by atoms with Crippen molar-refractivity contribution in [2.45, 2.75) is 33.2 Å². The van der Waals surface area contributed by atoms with Crippen molar-refractivity contribution in [1.29, 1.82) is 0 Å². The molecule has 0 radical (unpaired) electrons. The van der Waals surface area contributed by atoms with Gasteiger partial charge >= 0.3 is 0 Å². The van der Waals surface area contributed by atoms with E-state index in [1.807, 2.05) is 37.3 Å². The Morgan fingerprint density at radius 1 is 1.00 bits per heavy atom. The van der Waals surface area contributed by atoms with Gasteiger partial charge in [-0.25, -0.2) is 8.42 Å². The Balaban J connectivity index is 2.10. The highest BCUT2D eigenvalue weighted by atomic mass is 32.2. The molecule has 0 saturated carbocycles. The van der Waals surface area contributed by atoms with E-state index in [1.54, 1.807) is 12.1 Å². The van der Waals surface area contributed by atoms with E-state index < -0.39 is 10.0 Å². The second-order valence-electron chi connectivity index (χ2n) is 7.42. The third kappa shape index (κ3) is 6.85. The molecule has 6 nitrogen and oxygen atoms in total. The zero-order valence-electron chi connectivity index (χ0n) is 18.3. The molecule has 0 fully saturated rings. The smallest absolute Gasteiger partial charge is 0.240 e. The Morgan fingerprint density at radius 3 is 2.17 bits per heavy atom. The lowest BCUT2D eigenvalue weighted by Gasteiger charge is -2.30. The average molecular weight is 432 g/mol. The van der Waals surface area contributed by atoms with Gasteiger partial charge in [0.2, 0.25) is 15.9 Å². The molecule has 0 aliphatic heterocycles. The van der Waals surface area contributed by atoms with E-state index in [1.165, 1.54) is 9.87 Å². The van der Waals surface area contributed by atoms with E-state index in [9.17, 15) is 13.2 Å². The van der Waals surface area contributed by atoms with Gasteiger partial charge in [-0.2, -0.15) is 0 Å². The van der Waals surface area contributed by atoms with Gasteiger partial charge in [-0.05, 0) is 43.6 Å². The van der Waals surface area contributed by atoms with Crippen molar-refractivity contribution in [3.05, 3.63) is 65.7 Å². The van der Waals surface area contributed by atoms with E-state index in [-0.39, 0.29) is 18.5 Å². The molecule has 2 rings (SSSR count). The molecule has 0 aliphatic rings. The van der Waals surface area contributed by atoms with E-state index in [2.05, 4.69) is 36.2 Å². The summed E-state index contributed by atoms with van der Waals surface area (Å²) in [6.07, 6.45) is 1.94. The molecule has 0 aliphatic carbocycles. The summed E-state index contributed by atoms with van der Waals surface area (Å²) in [6, 6.07) is 17.5. The first-order chi connectivity index (χ1) is 14.3. The number of nitrogens with zero attached hydrogens (tertiary/aromatic N) is 2. The summed E-state index contributed by atoms with van der Waals surface area (Å²) in [5.74, 6) is -0.311. The van der Waals surface area contributed by atoms with Crippen LogP contribution in [0.5, 0.6) is 0 Å². The normalized spacial score (nSPS) is 12.6. The van der Waals surface area contributed by atoms with Crippen molar-refractivity contribution >= 4 is 21.6 Å². The molecule has 0 aromatic heterocycles. The summed E-state index contributed by atoms with van der Waals surface area (Å²) >= 11 is 0. The van der Waals surface area contributed by atoms with Gasteiger partial charge in [-0.3, -0.25) is 14.0 Å². The Bertz CT molecular complexity index is 912. The van der Waals surface area contributed by atoms with Crippen molar-refractivity contribution in [2.24, 2.45) is 0 Å². The molecule has 164 valence electrons. The zero-order valence-corrected chi connectivity index (χ0v) is 19.2. The van der Waals surface area contributed by atoms with E-state index >= 15 is 0 Å². The number of para-hydroxylation sites is 1. The number of nitrogens with one attached hydrogen (secondary N) is 1. The van der Waals surface area contributed by atoms with Crippen LogP contribution in [-0.2, 0) is 21.2 Å². The summed E-state index contributed by atoms with van der Waals surface area (Å²) in [5.41, 5.74) is 2.54. The largest absolute Gasteiger partial charge is 0.353 e. The van der Waals surface area contributed by atoms with Crippen LogP contribution >= 0.6 is 0 Å². The minimum absolute atomic E-state index is 0.136. The zero-order chi connectivity index (χ0) is 22.1. The Morgan fingerprint density at radius 2 is 1.60 bits per heavy atom. The van der Waals surface area contributed by atoms with Gasteiger partial charge in [0.25, 0.3) is 0 Å². The van der Waals surface area contributed by atoms with Gasteiger partial charge in [0.15, 0.2) is 0 Å². The minimum Gasteiger partial charge on any atom is -0.353 e. The van der Waals surface area contributed by atoms with Gasteiger partial charge in [0, 0.05) is 12.6 Å². The van der Waals surface area contributed by atoms with Crippen molar-refractivity contribution in [2.75, 3.05) is 36.7 Å². The second-order valence-corrected chi connectivity index (χ2v) is 9.33. The number of rotatable bonds is 11. The van der Waals surface area contributed by atoms with Gasteiger partial charge in [0.1, 0.15) is 6.54 Å². The number of carbonyl (C=O) groups excluding carboxylic acids is 1. The van der Waals surface area contributed by atoms with Crippen molar-refractivity contribution in [3.8, 4) is 0 Å². The summed E-state index contributed by atoms with van der Waals surface area (Å²) in [6.45, 7) is 8.02. The highest BCUT2D eigenvalue weighted by Gasteiger charge is 2.23. The maximum Gasteiger partial charge on any atom is 0.240 e. The van der Waals surface area contributed by atoms with Crippen LogP contribution in [-0.4, -0.2) is 57.7 Å². The predicted octanol–water partition coefficient (Wildman–Crippen LogP) is 2.83. The molecular weight excluding hydrogens is 398 g/mol. The second kappa shape index (κ2) is 11.1. The lowest BCUT2D eigenvalue weighted by molar-refractivity contribution is -0.119. The molecule has 0 bridgehead atoms. The van der Waals surface area contributed by atoms with Crippen LogP contribution < -0.4 is 9.62 Å². The maximum atomic E-state index is 12.7. The molecule has 7 heteroatoms. The van der Waals surface area contributed by atoms with Gasteiger partial charge < -0.3 is 5.32 Å². The fourth-order valence-corrected chi connectivity index (χ4v) is 4.51. The lowest BCUT2D eigenvalue weighted by Crippen LogP contribution is -2.48. The lowest BCUT2D eigenvalue weighted by atomic mass is 10.0. The van der Waals surface area contributed by atoms with Crippen LogP contribution in [0, 0.1) is 6.92 Å². The molecule has 0 spiro atoms. The molecule has 2 aromatic carbocycles. The predicted molar refractivity (Wildman–Crippen MR) is 123 cm³/mol. The van der Waals surface area contributed by atoms with E-state index in [0.717, 1.165) is 31.3 Å². The Kier molecular flexibility index (Phi) is 8.87. The first-order valence-corrected chi connectivity index (χ1v) is 12.2. The third-order valence-corrected chi connectivity index (χ3v) is 6.38. The van der Waals surface area contributed by atoms with Crippen molar-refractivity contribution < 1.29 is 13.2 Å². The van der Waals surface area contributed by atoms with E-state index in [0.29, 0.717) is 12.2 Å². The molecule has 0 heterocycles. The van der Waals surface area contributed by atoms with Crippen LogP contribution in [0.3, 0.4) is 0 Å². The number of amides is 1. The Labute approximate surface area is 180 Å². The highest BCUT2D eigenvalue weighted by Crippen LogP contribution is 2.21. The SMILES string of the molecule is CCN(CC)[C@H](CNC(=O)CN(c1ccccc1C)S(C)(=O)=O)Cc1ccccc1. The summed E-state index contributed by atoms with van der Waals surface area (Å²) in [7, 11) is -3.59. The van der Waals surface area contributed by atoms with Crippen molar-refractivity contribution in [1.82, 2.24) is 10.2 Å². The molecule has 1 atom stereocenters. The maximum absolute atomic E-state index is 12.7. The molecule has 2 aromatic rings. The van der Waals surface area contributed by atoms with Crippen LogP contribution in [0.2, 0.25) is 0 Å². The van der Waals surface area contributed by atoms with Crippen LogP contribution in [0.15, 0.2) is 54.6 Å². The van der Waals surface area contributed by atoms with Crippen LogP contribution in [0.25, 0.3) is 0 Å². The quantitative estimate of drug-likeness (QED) is 0.594. The highest BCUT2D eigenvalue weighted by molar-refractivity contribution is 7.92. The van der Waals surface area contributed by atoms with Gasteiger partial charge in [-0.15, -0.1) is 0 Å². The summed E-state index contributed by atoms with van der Waals surface area (Å²) in [5, 5.41) is 2.96. The minimum atomic E-state index is -3.59. The number of likely N-dealkylation sites (N-methyl/N-ethyl adjacent to an activating group) is 1. The topological polar surface area (TPSA) is 69.7 Å². The first-order valence-electron chi connectivity index (χ1n) is 10.3. The van der Waals surface area contributed by atoms with Crippen LogP contribution in [0.1, 0.15) is 25.0 Å². The number of hydrogen-bond acceptors (Lipinski definition) is 4. The monoisotopic (exact) mass is 431 g/mol. The summed E-state index contributed by atoms with van der Waals surface area (Å²) in [4.78, 5) is 15.0. The van der Waals surface area contributed by atoms with Crippen LogP contribution in [0.4, 0.5) is 5.69 Å². The molecule has 0 saturated heterocycles. The molecule has 1 amide bonds. The number of benzene rings is 2. The van der Waals surface area contributed by atoms with Gasteiger partial charge in [0.05, 0.1) is 11.9 Å². The number of hydrogen-bond donors (Lipinski definition) is 1. The van der Waals surface area contributed by atoms with Crippen molar-refractivity contribution in [3.63, 3.8) is 0 Å². The first kappa shape index (κ1) is 23.9. The standard InChI is InChI=1S/C23H33N3O3S/c1-5-25(6-2)21(16-20-13-8-7-9-14-20)17-24-23(27)18-26(30(4,28)29)22-15-11-10-12-19(22)3/h7-15,21H,5-6,16-18H2,1-4H3,(H,24,27)/t21-/m0/s1. The molecule has 30 heavy (non-hydrogen) atoms. The third-order valence-electron chi connectivity index (χ3n) is 5.25. The fraction of sp³-hybridized carbons (Fsp3) is 0.435. The molecule has 1 N–H and O–H groups in total. The summed E-state index contributed by atoms with van der Waals surface area (Å²) < 4.78 is 25.8. The molecular formula is C23H33N3O3S.